The van der Waals surface area contributed by atoms with Gasteiger partial charge in [-0.05, 0) is 76.5 Å². The van der Waals surface area contributed by atoms with E-state index >= 15 is 0 Å². The van der Waals surface area contributed by atoms with Gasteiger partial charge in [0.2, 0.25) is 0 Å². The van der Waals surface area contributed by atoms with E-state index < -0.39 is 5.97 Å². The summed E-state index contributed by atoms with van der Waals surface area (Å²) in [6.45, 7) is 0. The van der Waals surface area contributed by atoms with Crippen LogP contribution < -0.4 is 15.8 Å². The fourth-order valence-electron chi connectivity index (χ4n) is 3.65. The summed E-state index contributed by atoms with van der Waals surface area (Å²) in [5, 5.41) is 21.7. The maximum Gasteiger partial charge on any atom is 0.336 e. The summed E-state index contributed by atoms with van der Waals surface area (Å²) >= 11 is 0. The summed E-state index contributed by atoms with van der Waals surface area (Å²) in [4.78, 5) is 25.2. The number of hydrogen-bond donors (Lipinski definition) is 4. The number of amides is 1. The van der Waals surface area contributed by atoms with Gasteiger partial charge in [-0.1, -0.05) is 24.3 Å². The number of fused-ring (bicyclic) bond motifs is 1. The van der Waals surface area contributed by atoms with Crippen LogP contribution in [0.15, 0.2) is 78.9 Å². The third kappa shape index (κ3) is 4.38. The van der Waals surface area contributed by atoms with E-state index in [1.165, 1.54) is 0 Å². The molecule has 0 radical (unpaired) electrons. The number of carboxylic acids is 1. The Morgan fingerprint density at radius 3 is 2.27 bits per heavy atom. The van der Waals surface area contributed by atoms with Crippen molar-refractivity contribution in [2.45, 2.75) is 0 Å². The summed E-state index contributed by atoms with van der Waals surface area (Å²) in [5.41, 5.74) is 7.92. The molecule has 0 unspecified atom stereocenters. The zero-order valence-corrected chi connectivity index (χ0v) is 17.8. The van der Waals surface area contributed by atoms with E-state index in [1.54, 1.807) is 79.9 Å². The summed E-state index contributed by atoms with van der Waals surface area (Å²) in [6, 6.07) is 22.2. The van der Waals surface area contributed by atoms with E-state index in [0.717, 1.165) is 10.8 Å². The molecule has 7 heteroatoms. The first-order valence-corrected chi connectivity index (χ1v) is 10.1. The number of nitrogens with one attached hydrogen (secondary N) is 2. The minimum absolute atomic E-state index is 0.0617. The Morgan fingerprint density at radius 1 is 0.879 bits per heavy atom. The summed E-state index contributed by atoms with van der Waals surface area (Å²) in [7, 11) is 1.55. The first kappa shape index (κ1) is 21.6. The molecular formula is C26H21N3O4. The molecule has 33 heavy (non-hydrogen) atoms. The normalized spacial score (nSPS) is 10.6. The van der Waals surface area contributed by atoms with Gasteiger partial charge in [-0.3, -0.25) is 10.2 Å². The van der Waals surface area contributed by atoms with Gasteiger partial charge in [-0.2, -0.15) is 0 Å². The van der Waals surface area contributed by atoms with Gasteiger partial charge < -0.3 is 20.9 Å². The van der Waals surface area contributed by atoms with Gasteiger partial charge in [0.15, 0.2) is 0 Å². The van der Waals surface area contributed by atoms with Crippen LogP contribution in [0.5, 0.6) is 5.75 Å². The smallest absolute Gasteiger partial charge is 0.336 e. The lowest BCUT2D eigenvalue weighted by Crippen LogP contribution is -2.14. The van der Waals surface area contributed by atoms with Crippen LogP contribution in [0.4, 0.5) is 5.69 Å². The molecule has 4 aromatic rings. The van der Waals surface area contributed by atoms with Crippen molar-refractivity contribution < 1.29 is 19.4 Å². The molecule has 164 valence electrons. The largest absolute Gasteiger partial charge is 0.497 e. The second-order valence-electron chi connectivity index (χ2n) is 7.41. The lowest BCUT2D eigenvalue weighted by atomic mass is 9.92. The van der Waals surface area contributed by atoms with Crippen LogP contribution in [0.1, 0.15) is 26.3 Å². The molecule has 0 saturated carbocycles. The van der Waals surface area contributed by atoms with Crippen molar-refractivity contribution in [2.75, 3.05) is 12.4 Å². The molecule has 4 aromatic carbocycles. The molecule has 0 saturated heterocycles. The molecule has 0 aliphatic carbocycles. The number of ether oxygens (including phenoxy) is 1. The fourth-order valence-corrected chi connectivity index (χ4v) is 3.65. The molecule has 0 heterocycles. The van der Waals surface area contributed by atoms with Gasteiger partial charge >= 0.3 is 5.97 Å². The number of benzene rings is 4. The zero-order chi connectivity index (χ0) is 23.5. The number of nitrogen functional groups attached to an aromatic ring is 1. The second-order valence-corrected chi connectivity index (χ2v) is 7.41. The van der Waals surface area contributed by atoms with Crippen molar-refractivity contribution in [3.8, 4) is 16.9 Å². The van der Waals surface area contributed by atoms with Crippen molar-refractivity contribution in [2.24, 2.45) is 5.73 Å². The molecule has 0 bridgehead atoms. The maximum absolute atomic E-state index is 13.1. The van der Waals surface area contributed by atoms with Crippen molar-refractivity contribution in [3.63, 3.8) is 0 Å². The standard InChI is InChI=1S/C26H21N3O4/c1-33-19-11-8-16-13-22(23(26(31)32)14-17(16)12-19)20-4-2-3-5-21(20)25(30)29-18-9-6-15(7-10-18)24(27)28/h2-14H,1H3,(H3,27,28)(H,29,30)(H,31,32). The topological polar surface area (TPSA) is 126 Å². The summed E-state index contributed by atoms with van der Waals surface area (Å²) < 4.78 is 5.25. The summed E-state index contributed by atoms with van der Waals surface area (Å²) in [6.07, 6.45) is 0. The van der Waals surface area contributed by atoms with E-state index in [9.17, 15) is 14.7 Å². The van der Waals surface area contributed by atoms with Crippen molar-refractivity contribution >= 4 is 34.2 Å². The number of carboxylic acid groups (broad SMARTS) is 1. The molecule has 0 aliphatic heterocycles. The zero-order valence-electron chi connectivity index (χ0n) is 17.8. The van der Waals surface area contributed by atoms with Crippen molar-refractivity contribution in [1.29, 1.82) is 5.41 Å². The number of amidine groups is 1. The first-order valence-electron chi connectivity index (χ1n) is 10.1. The second kappa shape index (κ2) is 8.84. The Bertz CT molecular complexity index is 1390. The average Bonchev–Trinajstić information content (AvgIpc) is 2.83. The maximum atomic E-state index is 13.1. The molecule has 0 atom stereocenters. The molecule has 7 nitrogen and oxygen atoms in total. The molecular weight excluding hydrogens is 418 g/mol. The van der Waals surface area contributed by atoms with Crippen LogP contribution in [0, 0.1) is 5.41 Å². The number of nitrogens with two attached hydrogens (primary N) is 1. The molecule has 5 N–H and O–H groups in total. The number of carbonyl (C=O) groups is 2. The average molecular weight is 439 g/mol. The van der Waals surface area contributed by atoms with Crippen molar-refractivity contribution in [1.82, 2.24) is 0 Å². The third-order valence-electron chi connectivity index (χ3n) is 5.33. The Kier molecular flexibility index (Phi) is 5.78. The quantitative estimate of drug-likeness (QED) is 0.255. The third-order valence-corrected chi connectivity index (χ3v) is 5.33. The predicted molar refractivity (Wildman–Crippen MR) is 128 cm³/mol. The Hall–Kier alpha value is -4.65. The number of carbonyl (C=O) groups excluding carboxylic acids is 1. The van der Waals surface area contributed by atoms with Crippen LogP contribution in [-0.4, -0.2) is 29.9 Å². The van der Waals surface area contributed by atoms with Gasteiger partial charge in [-0.15, -0.1) is 0 Å². The molecule has 4 rings (SSSR count). The van der Waals surface area contributed by atoms with Crippen LogP contribution in [0.3, 0.4) is 0 Å². The first-order chi connectivity index (χ1) is 15.9. The lowest BCUT2D eigenvalue weighted by Gasteiger charge is -2.14. The Balaban J connectivity index is 1.77. The predicted octanol–water partition coefficient (Wildman–Crippen LogP) is 4.75. The van der Waals surface area contributed by atoms with Crippen LogP contribution in [0.25, 0.3) is 21.9 Å². The minimum atomic E-state index is -1.09. The number of aromatic carboxylic acids is 1. The Labute approximate surface area is 189 Å². The van der Waals surface area contributed by atoms with Crippen LogP contribution in [0.2, 0.25) is 0 Å². The minimum Gasteiger partial charge on any atom is -0.497 e. The summed E-state index contributed by atoms with van der Waals surface area (Å²) in [5.74, 6) is -0.910. The monoisotopic (exact) mass is 439 g/mol. The van der Waals surface area contributed by atoms with E-state index in [0.29, 0.717) is 33.7 Å². The highest BCUT2D eigenvalue weighted by Crippen LogP contribution is 2.33. The van der Waals surface area contributed by atoms with Crippen molar-refractivity contribution in [3.05, 3.63) is 95.6 Å². The fraction of sp³-hybridized carbons (Fsp3) is 0.0385. The number of methoxy groups -OCH3 is 1. The number of hydrogen-bond acceptors (Lipinski definition) is 4. The Morgan fingerprint density at radius 2 is 1.61 bits per heavy atom. The highest BCUT2D eigenvalue weighted by atomic mass is 16.5. The highest BCUT2D eigenvalue weighted by Gasteiger charge is 2.19. The van der Waals surface area contributed by atoms with Gasteiger partial charge in [0.05, 0.1) is 12.7 Å². The molecule has 0 aromatic heterocycles. The SMILES string of the molecule is COc1ccc2cc(-c3ccccc3C(=O)Nc3ccc(C(=N)N)cc3)c(C(=O)O)cc2c1. The van der Waals surface area contributed by atoms with E-state index in [-0.39, 0.29) is 17.3 Å². The van der Waals surface area contributed by atoms with Gasteiger partial charge in [0, 0.05) is 16.8 Å². The van der Waals surface area contributed by atoms with Crippen LogP contribution in [-0.2, 0) is 0 Å². The lowest BCUT2D eigenvalue weighted by molar-refractivity contribution is 0.0697. The van der Waals surface area contributed by atoms with Gasteiger partial charge in [0.25, 0.3) is 5.91 Å². The van der Waals surface area contributed by atoms with E-state index in [1.807, 2.05) is 6.07 Å². The molecule has 1 amide bonds. The van der Waals surface area contributed by atoms with Gasteiger partial charge in [-0.25, -0.2) is 4.79 Å². The molecule has 0 fully saturated rings. The van der Waals surface area contributed by atoms with Crippen LogP contribution >= 0.6 is 0 Å². The number of rotatable bonds is 6. The number of anilines is 1. The molecule has 0 aliphatic rings. The molecule has 0 spiro atoms. The highest BCUT2D eigenvalue weighted by molar-refractivity contribution is 6.11. The van der Waals surface area contributed by atoms with Gasteiger partial charge in [0.1, 0.15) is 11.6 Å². The van der Waals surface area contributed by atoms with E-state index in [2.05, 4.69) is 5.32 Å². The van der Waals surface area contributed by atoms with E-state index in [4.69, 9.17) is 15.9 Å².